The van der Waals surface area contributed by atoms with Gasteiger partial charge in [0.2, 0.25) is 0 Å². The van der Waals surface area contributed by atoms with Crippen molar-refractivity contribution in [3.63, 3.8) is 0 Å². The number of ketones is 1. The molecule has 0 spiro atoms. The van der Waals surface area contributed by atoms with Crippen LogP contribution in [0.3, 0.4) is 0 Å². The second kappa shape index (κ2) is 9.18. The van der Waals surface area contributed by atoms with Crippen molar-refractivity contribution in [2.45, 2.75) is 19.8 Å². The number of hydrazine groups is 1. The maximum absolute atomic E-state index is 13.5. The Hall–Kier alpha value is -3.85. The predicted octanol–water partition coefficient (Wildman–Crippen LogP) is 3.83. The number of allylic oxidation sites excluding steroid dienone is 2. The zero-order valence-corrected chi connectivity index (χ0v) is 18.9. The van der Waals surface area contributed by atoms with E-state index in [4.69, 9.17) is 11.6 Å². The maximum Gasteiger partial charge on any atom is 0.274 e. The topological polar surface area (TPSA) is 118 Å². The van der Waals surface area contributed by atoms with Crippen molar-refractivity contribution in [3.05, 3.63) is 86.4 Å². The second-order valence-corrected chi connectivity index (χ2v) is 8.67. The first-order valence-electron chi connectivity index (χ1n) is 10.6. The van der Waals surface area contributed by atoms with Crippen LogP contribution in [0.25, 0.3) is 0 Å². The Kier molecular flexibility index (Phi) is 6.30. The minimum Gasteiger partial charge on any atom is -0.292 e. The number of amides is 3. The van der Waals surface area contributed by atoms with E-state index in [1.807, 2.05) is 13.0 Å². The standard InChI is InChI=1S/C24H20ClN3O6/c1-14-6-11-17-19(12-14)24(32)27(23(17)31)26(22(30)18-4-2-3-5-20(18)25)13-21(29)15-7-9-16(10-8-15)28(33)34/h2-10,17,19H,11-13H2,1H3/t17-,19-/m1/s1. The molecule has 1 saturated heterocycles. The Balaban J connectivity index is 1.69. The Bertz CT molecular complexity index is 1240. The SMILES string of the molecule is CC1=CC[C@H]2C(=O)N(N(CC(=O)c3ccc([N+](=O)[O-])cc3)C(=O)c3ccccc3Cl)C(=O)[C@@H]2C1. The van der Waals surface area contributed by atoms with E-state index in [9.17, 15) is 29.3 Å². The number of nitrogens with zero attached hydrogens (tertiary/aromatic N) is 3. The molecule has 0 saturated carbocycles. The normalized spacial score (nSPS) is 19.5. The second-order valence-electron chi connectivity index (χ2n) is 8.26. The summed E-state index contributed by atoms with van der Waals surface area (Å²) in [6, 6.07) is 11.0. The molecule has 10 heteroatoms. The summed E-state index contributed by atoms with van der Waals surface area (Å²) < 4.78 is 0. The quantitative estimate of drug-likeness (QED) is 0.203. The number of hydrogen-bond donors (Lipinski definition) is 0. The highest BCUT2D eigenvalue weighted by molar-refractivity contribution is 6.34. The fourth-order valence-corrected chi connectivity index (χ4v) is 4.48. The third-order valence-electron chi connectivity index (χ3n) is 6.07. The molecule has 0 N–H and O–H groups in total. The van der Waals surface area contributed by atoms with Gasteiger partial charge in [0.25, 0.3) is 23.4 Å². The molecule has 174 valence electrons. The molecule has 2 aromatic rings. The van der Waals surface area contributed by atoms with Crippen LogP contribution in [0.2, 0.25) is 5.02 Å². The van der Waals surface area contributed by atoms with Gasteiger partial charge < -0.3 is 0 Å². The van der Waals surface area contributed by atoms with Crippen molar-refractivity contribution in [2.75, 3.05) is 6.54 Å². The van der Waals surface area contributed by atoms with E-state index in [2.05, 4.69) is 0 Å². The maximum atomic E-state index is 13.5. The summed E-state index contributed by atoms with van der Waals surface area (Å²) in [5, 5.41) is 12.6. The van der Waals surface area contributed by atoms with Crippen molar-refractivity contribution < 1.29 is 24.1 Å². The fourth-order valence-electron chi connectivity index (χ4n) is 4.26. The van der Waals surface area contributed by atoms with Crippen LogP contribution >= 0.6 is 11.6 Å². The number of rotatable bonds is 6. The number of benzene rings is 2. The molecular formula is C24H20ClN3O6. The molecule has 0 bridgehead atoms. The smallest absolute Gasteiger partial charge is 0.274 e. The van der Waals surface area contributed by atoms with E-state index >= 15 is 0 Å². The van der Waals surface area contributed by atoms with Crippen LogP contribution in [-0.2, 0) is 9.59 Å². The van der Waals surface area contributed by atoms with Crippen LogP contribution in [0.15, 0.2) is 60.2 Å². The first-order chi connectivity index (χ1) is 16.2. The number of fused-ring (bicyclic) bond motifs is 1. The number of carbonyl (C=O) groups excluding carboxylic acids is 4. The van der Waals surface area contributed by atoms with Crippen LogP contribution in [-0.4, -0.2) is 45.0 Å². The summed E-state index contributed by atoms with van der Waals surface area (Å²) in [6.45, 7) is 1.26. The molecule has 4 rings (SSSR count). The minimum atomic E-state index is -0.772. The molecule has 0 radical (unpaired) electrons. The largest absolute Gasteiger partial charge is 0.292 e. The number of carbonyl (C=O) groups is 4. The van der Waals surface area contributed by atoms with Gasteiger partial charge in [-0.15, -0.1) is 0 Å². The predicted molar refractivity (Wildman–Crippen MR) is 122 cm³/mol. The molecule has 3 amide bonds. The lowest BCUT2D eigenvalue weighted by molar-refractivity contribution is -0.384. The summed E-state index contributed by atoms with van der Waals surface area (Å²) in [4.78, 5) is 63.3. The van der Waals surface area contributed by atoms with Gasteiger partial charge in [-0.2, -0.15) is 5.01 Å². The number of hydrogen-bond acceptors (Lipinski definition) is 6. The van der Waals surface area contributed by atoms with Crippen molar-refractivity contribution in [1.29, 1.82) is 0 Å². The summed E-state index contributed by atoms with van der Waals surface area (Å²) in [5.74, 6) is -3.67. The zero-order chi connectivity index (χ0) is 24.6. The van der Waals surface area contributed by atoms with Crippen LogP contribution < -0.4 is 0 Å². The lowest BCUT2D eigenvalue weighted by atomic mass is 9.82. The average Bonchev–Trinajstić information content (AvgIpc) is 3.06. The Morgan fingerprint density at radius 2 is 1.74 bits per heavy atom. The van der Waals surface area contributed by atoms with Crippen LogP contribution in [0, 0.1) is 22.0 Å². The van der Waals surface area contributed by atoms with Crippen molar-refractivity contribution in [1.82, 2.24) is 10.0 Å². The van der Waals surface area contributed by atoms with Gasteiger partial charge in [0.1, 0.15) is 6.54 Å². The highest BCUT2D eigenvalue weighted by atomic mass is 35.5. The van der Waals surface area contributed by atoms with E-state index in [0.717, 1.165) is 15.6 Å². The van der Waals surface area contributed by atoms with E-state index < -0.39 is 46.8 Å². The Morgan fingerprint density at radius 1 is 1.09 bits per heavy atom. The third-order valence-corrected chi connectivity index (χ3v) is 6.40. The highest BCUT2D eigenvalue weighted by Crippen LogP contribution is 2.38. The van der Waals surface area contributed by atoms with E-state index in [1.54, 1.807) is 12.1 Å². The molecule has 2 aliphatic rings. The van der Waals surface area contributed by atoms with Crippen molar-refractivity contribution in [2.24, 2.45) is 11.8 Å². The van der Waals surface area contributed by atoms with E-state index in [-0.39, 0.29) is 21.8 Å². The van der Waals surface area contributed by atoms with Gasteiger partial charge in [-0.25, -0.2) is 5.01 Å². The first-order valence-corrected chi connectivity index (χ1v) is 10.9. The van der Waals surface area contributed by atoms with Crippen molar-refractivity contribution >= 4 is 40.8 Å². The fraction of sp³-hybridized carbons (Fsp3) is 0.250. The van der Waals surface area contributed by atoms with Gasteiger partial charge in [-0.1, -0.05) is 35.4 Å². The first kappa shape index (κ1) is 23.3. The lowest BCUT2D eigenvalue weighted by Crippen LogP contribution is -2.52. The van der Waals surface area contributed by atoms with Crippen LogP contribution in [0.1, 0.15) is 40.5 Å². The summed E-state index contributed by atoms with van der Waals surface area (Å²) in [6.07, 6.45) is 2.68. The number of nitro benzene ring substituents is 1. The third kappa shape index (κ3) is 4.22. The number of Topliss-reactive ketones (excluding diaryl/α,β-unsaturated/α-hetero) is 1. The zero-order valence-electron chi connectivity index (χ0n) is 18.1. The molecular weight excluding hydrogens is 462 g/mol. The molecule has 2 aromatic carbocycles. The Morgan fingerprint density at radius 3 is 2.38 bits per heavy atom. The number of imide groups is 1. The van der Waals surface area contributed by atoms with Gasteiger partial charge in [0.05, 0.1) is 27.3 Å². The van der Waals surface area contributed by atoms with Crippen LogP contribution in [0.5, 0.6) is 0 Å². The van der Waals surface area contributed by atoms with Gasteiger partial charge in [-0.05, 0) is 44.0 Å². The molecule has 0 aromatic heterocycles. The van der Waals surface area contributed by atoms with E-state index in [1.165, 1.54) is 36.4 Å². The molecule has 1 fully saturated rings. The number of halogens is 1. The minimum absolute atomic E-state index is 0.0328. The highest BCUT2D eigenvalue weighted by Gasteiger charge is 2.51. The average molecular weight is 482 g/mol. The molecule has 1 heterocycles. The molecule has 2 atom stereocenters. The van der Waals surface area contributed by atoms with Gasteiger partial charge >= 0.3 is 0 Å². The van der Waals surface area contributed by atoms with Crippen molar-refractivity contribution in [3.8, 4) is 0 Å². The summed E-state index contributed by atoms with van der Waals surface area (Å²) in [5.41, 5.74) is 0.912. The number of nitro groups is 1. The molecule has 34 heavy (non-hydrogen) atoms. The van der Waals surface area contributed by atoms with Crippen LogP contribution in [0.4, 0.5) is 5.69 Å². The van der Waals surface area contributed by atoms with E-state index in [0.29, 0.717) is 12.8 Å². The Labute approximate surface area is 199 Å². The van der Waals surface area contributed by atoms with Gasteiger partial charge in [0.15, 0.2) is 5.78 Å². The summed E-state index contributed by atoms with van der Waals surface area (Å²) >= 11 is 6.19. The number of non-ortho nitro benzene ring substituents is 1. The van der Waals surface area contributed by atoms with Gasteiger partial charge in [-0.3, -0.25) is 29.3 Å². The molecule has 9 nitrogen and oxygen atoms in total. The lowest BCUT2D eigenvalue weighted by Gasteiger charge is -2.30. The molecule has 0 unspecified atom stereocenters. The molecule has 1 aliphatic heterocycles. The molecule has 1 aliphatic carbocycles. The monoisotopic (exact) mass is 481 g/mol. The van der Waals surface area contributed by atoms with Gasteiger partial charge in [0, 0.05) is 17.7 Å². The summed E-state index contributed by atoms with van der Waals surface area (Å²) in [7, 11) is 0.